The van der Waals surface area contributed by atoms with Crippen molar-refractivity contribution in [3.8, 4) is 34.0 Å². The number of allylic oxidation sites excluding steroid dienone is 1. The van der Waals surface area contributed by atoms with E-state index in [1.807, 2.05) is 36.4 Å². The van der Waals surface area contributed by atoms with Crippen molar-refractivity contribution < 1.29 is 0 Å². The molecular weight excluding hydrogens is 436 g/mol. The van der Waals surface area contributed by atoms with Gasteiger partial charge in [-0.1, -0.05) is 43.3 Å². The van der Waals surface area contributed by atoms with Crippen molar-refractivity contribution in [1.82, 2.24) is 29.9 Å². The fraction of sp³-hybridized carbons (Fsp3) is 0.0741. The van der Waals surface area contributed by atoms with Gasteiger partial charge >= 0.3 is 0 Å². The first-order chi connectivity index (χ1) is 17.3. The van der Waals surface area contributed by atoms with E-state index >= 15 is 0 Å². The van der Waals surface area contributed by atoms with Crippen LogP contribution in [0.2, 0.25) is 0 Å². The molecule has 0 saturated carbocycles. The van der Waals surface area contributed by atoms with E-state index in [0.29, 0.717) is 11.6 Å². The lowest BCUT2D eigenvalue weighted by molar-refractivity contribution is 0.962. The monoisotopic (exact) mass is 458 g/mol. The first-order valence-corrected chi connectivity index (χ1v) is 11.1. The molecule has 0 radical (unpaired) electrons. The molecule has 3 aromatic heterocycles. The van der Waals surface area contributed by atoms with Gasteiger partial charge in [0.05, 0.1) is 12.0 Å². The lowest BCUT2D eigenvalue weighted by Gasteiger charge is -2.23. The number of nitrogens with zero attached hydrogens (tertiary/aromatic N) is 7. The summed E-state index contributed by atoms with van der Waals surface area (Å²) < 4.78 is 0. The van der Waals surface area contributed by atoms with Crippen LogP contribution in [-0.2, 0) is 0 Å². The van der Waals surface area contributed by atoms with Gasteiger partial charge in [0.1, 0.15) is 12.7 Å². The molecule has 1 unspecified atom stereocenters. The fourth-order valence-corrected chi connectivity index (χ4v) is 4.29. The highest BCUT2D eigenvalue weighted by molar-refractivity contribution is 6.11. The van der Waals surface area contributed by atoms with E-state index in [0.717, 1.165) is 38.7 Å². The maximum atomic E-state index is 5.47. The quantitative estimate of drug-likeness (QED) is 0.287. The molecule has 0 spiro atoms. The summed E-state index contributed by atoms with van der Waals surface area (Å²) in [5, 5.41) is 2.00. The van der Waals surface area contributed by atoms with Crippen LogP contribution < -0.4 is 5.73 Å². The van der Waals surface area contributed by atoms with Crippen molar-refractivity contribution in [3.63, 3.8) is 0 Å². The normalized spacial score (nSPS) is 12.5. The lowest BCUT2D eigenvalue weighted by Crippen LogP contribution is -2.06. The summed E-state index contributed by atoms with van der Waals surface area (Å²) in [6.07, 6.45) is 13.2. The predicted molar refractivity (Wildman–Crippen MR) is 137 cm³/mol. The van der Waals surface area contributed by atoms with Gasteiger partial charge in [-0.05, 0) is 34.5 Å². The van der Waals surface area contributed by atoms with E-state index in [1.165, 1.54) is 19.0 Å². The third-order valence-corrected chi connectivity index (χ3v) is 5.68. The molecule has 170 valence electrons. The van der Waals surface area contributed by atoms with Crippen LogP contribution in [0.25, 0.3) is 44.8 Å². The van der Waals surface area contributed by atoms with Crippen molar-refractivity contribution >= 4 is 17.1 Å². The third kappa shape index (κ3) is 4.24. The summed E-state index contributed by atoms with van der Waals surface area (Å²) in [4.78, 5) is 31.1. The van der Waals surface area contributed by atoms with Gasteiger partial charge < -0.3 is 5.73 Å². The molecule has 0 saturated heterocycles. The largest absolute Gasteiger partial charge is 0.390 e. The molecule has 8 nitrogen and oxygen atoms in total. The molecule has 8 heteroatoms. The van der Waals surface area contributed by atoms with Gasteiger partial charge in [-0.25, -0.2) is 29.9 Å². The zero-order valence-corrected chi connectivity index (χ0v) is 19.0. The molecule has 0 amide bonds. The van der Waals surface area contributed by atoms with Gasteiger partial charge in [0.25, 0.3) is 0 Å². The van der Waals surface area contributed by atoms with Crippen LogP contribution in [0.4, 0.5) is 0 Å². The maximum Gasteiger partial charge on any atom is 0.164 e. The minimum atomic E-state index is -0.0975. The topological polar surface area (TPSA) is 116 Å². The first-order valence-electron chi connectivity index (χ1n) is 11.1. The van der Waals surface area contributed by atoms with Crippen molar-refractivity contribution in [2.75, 3.05) is 0 Å². The fourth-order valence-electron chi connectivity index (χ4n) is 4.29. The summed E-state index contributed by atoms with van der Waals surface area (Å²) >= 11 is 0. The Morgan fingerprint density at radius 1 is 0.743 bits per heavy atom. The van der Waals surface area contributed by atoms with Gasteiger partial charge in [0.15, 0.2) is 11.6 Å². The predicted octanol–water partition coefficient (Wildman–Crippen LogP) is 4.82. The highest BCUT2D eigenvalue weighted by atomic mass is 15.0. The van der Waals surface area contributed by atoms with Gasteiger partial charge in [-0.15, -0.1) is 0 Å². The summed E-state index contributed by atoms with van der Waals surface area (Å²) in [6, 6.07) is 15.9. The first kappa shape index (κ1) is 22.0. The molecule has 0 aliphatic heterocycles. The van der Waals surface area contributed by atoms with E-state index in [4.69, 9.17) is 10.7 Å². The van der Waals surface area contributed by atoms with Crippen LogP contribution >= 0.6 is 0 Å². The van der Waals surface area contributed by atoms with Crippen LogP contribution in [0.15, 0.2) is 97.0 Å². The number of pyridine rings is 1. The van der Waals surface area contributed by atoms with Crippen LogP contribution in [0.1, 0.15) is 18.4 Å². The Labute approximate surface area is 202 Å². The average molecular weight is 459 g/mol. The maximum absolute atomic E-state index is 5.47. The molecule has 0 bridgehead atoms. The smallest absolute Gasteiger partial charge is 0.164 e. The van der Waals surface area contributed by atoms with Crippen LogP contribution in [0, 0.1) is 0 Å². The summed E-state index contributed by atoms with van der Waals surface area (Å²) in [7, 11) is 0. The SMILES string of the molecule is CC(/C=C\N=CN)c1c(-c2ncccn2)c(-c2ncncn2)c2ccccc2c1-c1ccccn1. The number of hydrogen-bond donors (Lipinski definition) is 1. The zero-order valence-electron chi connectivity index (χ0n) is 19.0. The van der Waals surface area contributed by atoms with Crippen molar-refractivity contribution in [1.29, 1.82) is 0 Å². The van der Waals surface area contributed by atoms with E-state index < -0.39 is 0 Å². The molecule has 2 N–H and O–H groups in total. The summed E-state index contributed by atoms with van der Waals surface area (Å²) in [5.74, 6) is 1.02. The molecule has 0 aliphatic carbocycles. The number of rotatable bonds is 6. The Balaban J connectivity index is 2.01. The molecule has 5 rings (SSSR count). The average Bonchev–Trinajstić information content (AvgIpc) is 2.93. The second kappa shape index (κ2) is 9.96. The molecule has 35 heavy (non-hydrogen) atoms. The molecule has 2 aromatic carbocycles. The number of aromatic nitrogens is 6. The Bertz CT molecular complexity index is 1500. The Morgan fingerprint density at radius 3 is 2.09 bits per heavy atom. The summed E-state index contributed by atoms with van der Waals surface area (Å²) in [6.45, 7) is 2.10. The van der Waals surface area contributed by atoms with Gasteiger partial charge in [0, 0.05) is 47.4 Å². The highest BCUT2D eigenvalue weighted by Crippen LogP contribution is 2.47. The second-order valence-corrected chi connectivity index (χ2v) is 7.76. The van der Waals surface area contributed by atoms with Gasteiger partial charge in [-0.3, -0.25) is 4.98 Å². The van der Waals surface area contributed by atoms with Crippen molar-refractivity contribution in [2.45, 2.75) is 12.8 Å². The minimum absolute atomic E-state index is 0.0975. The number of aliphatic imine (C=N–C) groups is 1. The van der Waals surface area contributed by atoms with E-state index in [-0.39, 0.29) is 5.92 Å². The summed E-state index contributed by atoms with van der Waals surface area (Å²) in [5.41, 5.74) is 9.99. The molecule has 1 atom stereocenters. The molecular formula is C27H22N8. The Morgan fingerprint density at radius 2 is 1.40 bits per heavy atom. The third-order valence-electron chi connectivity index (χ3n) is 5.68. The van der Waals surface area contributed by atoms with E-state index in [2.05, 4.69) is 49.0 Å². The lowest BCUT2D eigenvalue weighted by atomic mass is 9.81. The van der Waals surface area contributed by atoms with Crippen LogP contribution in [0.3, 0.4) is 0 Å². The number of hydrogen-bond acceptors (Lipinski definition) is 7. The number of nitrogens with two attached hydrogens (primary N) is 1. The minimum Gasteiger partial charge on any atom is -0.390 e. The number of fused-ring (bicyclic) bond motifs is 1. The molecule has 3 heterocycles. The zero-order chi connectivity index (χ0) is 24.0. The van der Waals surface area contributed by atoms with Gasteiger partial charge in [-0.2, -0.15) is 0 Å². The molecule has 5 aromatic rings. The Hall–Kier alpha value is -4.85. The van der Waals surface area contributed by atoms with E-state index in [1.54, 1.807) is 30.9 Å². The standard InChI is InChI=1S/C27H22N8/c1-18(10-14-29-15-28)22-23(21-9-4-5-11-31-21)19-7-2-3-8-20(19)24(26-34-16-30-17-35-26)25(22)27-32-12-6-13-33-27/h2-18H,1H3,(H2,28,29)/b14-10-. The second-order valence-electron chi connectivity index (χ2n) is 7.76. The van der Waals surface area contributed by atoms with Crippen molar-refractivity contribution in [3.05, 3.63) is 97.6 Å². The molecule has 0 fully saturated rings. The molecule has 0 aliphatic rings. The van der Waals surface area contributed by atoms with E-state index in [9.17, 15) is 0 Å². The highest BCUT2D eigenvalue weighted by Gasteiger charge is 2.27. The van der Waals surface area contributed by atoms with Gasteiger partial charge in [0.2, 0.25) is 0 Å². The van der Waals surface area contributed by atoms with Crippen LogP contribution in [-0.4, -0.2) is 36.2 Å². The van der Waals surface area contributed by atoms with Crippen LogP contribution in [0.5, 0.6) is 0 Å². The van der Waals surface area contributed by atoms with Crippen molar-refractivity contribution in [2.24, 2.45) is 10.7 Å². The Kier molecular flexibility index (Phi) is 6.25. The number of benzene rings is 2.